The van der Waals surface area contributed by atoms with Gasteiger partial charge in [0.1, 0.15) is 11.6 Å². The topological polar surface area (TPSA) is 46.5 Å². The Morgan fingerprint density at radius 3 is 1.94 bits per heavy atom. The van der Waals surface area contributed by atoms with Gasteiger partial charge in [0, 0.05) is 5.56 Å². The van der Waals surface area contributed by atoms with E-state index in [-0.39, 0.29) is 5.56 Å². The second kappa shape index (κ2) is 16.3. The molecular weight excluding hydrogens is 427 g/mol. The molecule has 2 aromatic carbocycles. The zero-order valence-electron chi connectivity index (χ0n) is 21.2. The molecule has 1 unspecified atom stereocenters. The zero-order chi connectivity index (χ0) is 24.6. The van der Waals surface area contributed by atoms with Gasteiger partial charge >= 0.3 is 5.97 Å². The molecule has 3 nitrogen and oxygen atoms in total. The highest BCUT2D eigenvalue weighted by molar-refractivity contribution is 5.76. The second-order valence-electron chi connectivity index (χ2n) is 9.32. The number of carboxylic acid groups (broad SMARTS) is 1. The molecule has 0 fully saturated rings. The maximum absolute atomic E-state index is 14.9. The molecule has 34 heavy (non-hydrogen) atoms. The van der Waals surface area contributed by atoms with Crippen molar-refractivity contribution < 1.29 is 19.0 Å². The molecule has 0 heterocycles. The van der Waals surface area contributed by atoms with E-state index < -0.39 is 17.7 Å². The van der Waals surface area contributed by atoms with Crippen LogP contribution in [0.25, 0.3) is 11.1 Å². The van der Waals surface area contributed by atoms with E-state index in [0.29, 0.717) is 13.0 Å². The van der Waals surface area contributed by atoms with E-state index >= 15 is 0 Å². The molecule has 0 aromatic heterocycles. The number of carbonyl (C=O) groups is 1. The summed E-state index contributed by atoms with van der Waals surface area (Å²) in [5, 5.41) is 9.64. The van der Waals surface area contributed by atoms with Crippen LogP contribution in [0.5, 0.6) is 5.75 Å². The van der Waals surface area contributed by atoms with Crippen molar-refractivity contribution in [2.24, 2.45) is 0 Å². The van der Waals surface area contributed by atoms with Crippen molar-refractivity contribution in [1.82, 2.24) is 0 Å². The molecule has 0 spiro atoms. The van der Waals surface area contributed by atoms with Crippen molar-refractivity contribution in [2.75, 3.05) is 6.61 Å². The Balaban J connectivity index is 1.87. The Bertz CT molecular complexity index is 831. The van der Waals surface area contributed by atoms with Crippen molar-refractivity contribution in [3.05, 3.63) is 53.8 Å². The molecule has 0 saturated carbocycles. The monoisotopic (exact) mass is 470 g/mol. The van der Waals surface area contributed by atoms with E-state index in [1.165, 1.54) is 44.6 Å². The maximum Gasteiger partial charge on any atom is 0.311 e. The summed E-state index contributed by atoms with van der Waals surface area (Å²) in [7, 11) is 0. The van der Waals surface area contributed by atoms with Gasteiger partial charge < -0.3 is 9.84 Å². The summed E-state index contributed by atoms with van der Waals surface area (Å²) in [5.41, 5.74) is 1.91. The first-order valence-corrected chi connectivity index (χ1v) is 13.3. The van der Waals surface area contributed by atoms with Gasteiger partial charge in [-0.2, -0.15) is 0 Å². The molecule has 0 saturated heterocycles. The van der Waals surface area contributed by atoms with Crippen molar-refractivity contribution in [3.63, 3.8) is 0 Å². The van der Waals surface area contributed by atoms with E-state index in [1.54, 1.807) is 6.07 Å². The summed E-state index contributed by atoms with van der Waals surface area (Å²) < 4.78 is 20.8. The first-order chi connectivity index (χ1) is 16.6. The Labute approximate surface area is 205 Å². The highest BCUT2D eigenvalue weighted by Crippen LogP contribution is 2.30. The number of hydrogen-bond donors (Lipinski definition) is 1. The molecule has 1 atom stereocenters. The summed E-state index contributed by atoms with van der Waals surface area (Å²) >= 11 is 0. The minimum atomic E-state index is -0.954. The van der Waals surface area contributed by atoms with Gasteiger partial charge in [-0.15, -0.1) is 0 Å². The van der Waals surface area contributed by atoms with E-state index in [9.17, 15) is 14.3 Å². The average molecular weight is 471 g/mol. The third kappa shape index (κ3) is 9.87. The number of hydrogen-bond acceptors (Lipinski definition) is 2. The minimum Gasteiger partial charge on any atom is -0.494 e. The normalized spacial score (nSPS) is 12.0. The lowest BCUT2D eigenvalue weighted by Gasteiger charge is -2.15. The molecule has 4 heteroatoms. The third-order valence-electron chi connectivity index (χ3n) is 6.47. The molecule has 0 radical (unpaired) electrons. The van der Waals surface area contributed by atoms with Crippen LogP contribution in [0, 0.1) is 5.82 Å². The summed E-state index contributed by atoms with van der Waals surface area (Å²) in [5.74, 6) is -1.37. The molecule has 188 valence electrons. The van der Waals surface area contributed by atoms with Gasteiger partial charge in [-0.3, -0.25) is 4.79 Å². The summed E-state index contributed by atoms with van der Waals surface area (Å²) in [6, 6.07) is 12.6. The minimum absolute atomic E-state index is 0.279. The Morgan fingerprint density at radius 2 is 1.35 bits per heavy atom. The van der Waals surface area contributed by atoms with Crippen molar-refractivity contribution >= 4 is 5.97 Å². The smallest absolute Gasteiger partial charge is 0.311 e. The molecule has 0 amide bonds. The van der Waals surface area contributed by atoms with Crippen LogP contribution in [0.4, 0.5) is 4.39 Å². The van der Waals surface area contributed by atoms with Crippen LogP contribution >= 0.6 is 0 Å². The van der Waals surface area contributed by atoms with E-state index in [1.807, 2.05) is 30.3 Å². The zero-order valence-corrected chi connectivity index (χ0v) is 21.2. The number of unbranched alkanes of at least 4 members (excludes halogenated alkanes) is 10. The largest absolute Gasteiger partial charge is 0.494 e. The molecule has 2 rings (SSSR count). The van der Waals surface area contributed by atoms with Crippen LogP contribution in [-0.4, -0.2) is 17.7 Å². The highest BCUT2D eigenvalue weighted by atomic mass is 19.1. The fraction of sp³-hybridized carbons (Fsp3) is 0.567. The van der Waals surface area contributed by atoms with E-state index in [0.717, 1.165) is 55.4 Å². The molecule has 0 aliphatic heterocycles. The predicted molar refractivity (Wildman–Crippen MR) is 139 cm³/mol. The number of benzene rings is 2. The van der Waals surface area contributed by atoms with E-state index in [4.69, 9.17) is 4.74 Å². The molecule has 0 aliphatic carbocycles. The Kier molecular flexibility index (Phi) is 13.4. The van der Waals surface area contributed by atoms with Gasteiger partial charge in [-0.1, -0.05) is 109 Å². The quantitative estimate of drug-likeness (QED) is 0.221. The van der Waals surface area contributed by atoms with Crippen LogP contribution < -0.4 is 4.74 Å². The number of carboxylic acids is 1. The first-order valence-electron chi connectivity index (χ1n) is 13.3. The summed E-state index contributed by atoms with van der Waals surface area (Å²) in [4.78, 5) is 11.8. The van der Waals surface area contributed by atoms with Crippen molar-refractivity contribution in [2.45, 2.75) is 103 Å². The number of ether oxygens (including phenoxy) is 1. The fourth-order valence-corrected chi connectivity index (χ4v) is 4.35. The van der Waals surface area contributed by atoms with Crippen molar-refractivity contribution in [1.29, 1.82) is 0 Å². The van der Waals surface area contributed by atoms with Crippen LogP contribution in [-0.2, 0) is 4.79 Å². The average Bonchev–Trinajstić information content (AvgIpc) is 2.84. The Hall–Kier alpha value is -2.36. The molecule has 1 N–H and O–H groups in total. The summed E-state index contributed by atoms with van der Waals surface area (Å²) in [6.07, 6.45) is 14.4. The SMILES string of the molecule is CCCCCCCCCOc1ccc(-c2ccc(C(CCCCCCC)C(=O)O)c(F)c2)cc1. The van der Waals surface area contributed by atoms with Crippen LogP contribution in [0.15, 0.2) is 42.5 Å². The molecule has 0 aliphatic rings. The van der Waals surface area contributed by atoms with Gasteiger partial charge in [0.2, 0.25) is 0 Å². The number of halogens is 1. The summed E-state index contributed by atoms with van der Waals surface area (Å²) in [6.45, 7) is 5.09. The van der Waals surface area contributed by atoms with Gasteiger partial charge in [0.15, 0.2) is 0 Å². The van der Waals surface area contributed by atoms with Gasteiger partial charge in [0.25, 0.3) is 0 Å². The van der Waals surface area contributed by atoms with Crippen LogP contribution in [0.3, 0.4) is 0 Å². The third-order valence-corrected chi connectivity index (χ3v) is 6.47. The standard InChI is InChI=1S/C30H43FO3/c1-3-5-7-9-10-12-14-22-34-26-19-16-24(17-20-26)25-18-21-27(29(31)23-25)28(30(32)33)15-13-11-8-6-4-2/h16-21,23,28H,3-15,22H2,1-2H3,(H,32,33). The molecule has 2 aromatic rings. The Morgan fingerprint density at radius 1 is 0.794 bits per heavy atom. The predicted octanol–water partition coefficient (Wildman–Crippen LogP) is 9.15. The maximum atomic E-state index is 14.9. The second-order valence-corrected chi connectivity index (χ2v) is 9.32. The van der Waals surface area contributed by atoms with E-state index in [2.05, 4.69) is 13.8 Å². The molecule has 0 bridgehead atoms. The van der Waals surface area contributed by atoms with Crippen molar-refractivity contribution in [3.8, 4) is 16.9 Å². The van der Waals surface area contributed by atoms with Gasteiger partial charge in [-0.25, -0.2) is 4.39 Å². The number of rotatable bonds is 18. The lowest BCUT2D eigenvalue weighted by molar-refractivity contribution is -0.139. The van der Waals surface area contributed by atoms with Crippen LogP contribution in [0.1, 0.15) is 109 Å². The van der Waals surface area contributed by atoms with Gasteiger partial charge in [0.05, 0.1) is 12.5 Å². The first kappa shape index (κ1) is 27.9. The fourth-order valence-electron chi connectivity index (χ4n) is 4.35. The van der Waals surface area contributed by atoms with Gasteiger partial charge in [-0.05, 0) is 42.2 Å². The van der Waals surface area contributed by atoms with Crippen LogP contribution in [0.2, 0.25) is 0 Å². The molecular formula is C30H43FO3. The lowest BCUT2D eigenvalue weighted by Crippen LogP contribution is -2.13. The highest BCUT2D eigenvalue weighted by Gasteiger charge is 2.23. The lowest BCUT2D eigenvalue weighted by atomic mass is 9.91. The number of aliphatic carboxylic acids is 1.